The number of halogens is 3. The third-order valence-electron chi connectivity index (χ3n) is 3.01. The van der Waals surface area contributed by atoms with Gasteiger partial charge in [0, 0.05) is 13.1 Å². The summed E-state index contributed by atoms with van der Waals surface area (Å²) in [7, 11) is 0. The maximum atomic E-state index is 12.0. The average Bonchev–Trinajstić information content (AvgIpc) is 3.13. The summed E-state index contributed by atoms with van der Waals surface area (Å²) in [5.41, 5.74) is 0.845. The van der Waals surface area contributed by atoms with Gasteiger partial charge in [0.2, 0.25) is 0 Å². The summed E-state index contributed by atoms with van der Waals surface area (Å²) in [5.74, 6) is 0.185. The molecule has 0 amide bonds. The minimum Gasteiger partial charge on any atom is -0.406 e. The molecule has 1 unspecified atom stereocenters. The topological polar surface area (TPSA) is 41.5 Å². The summed E-state index contributed by atoms with van der Waals surface area (Å²) in [5, 5.41) is 12.7. The van der Waals surface area contributed by atoms with Crippen molar-refractivity contribution in [2.24, 2.45) is 5.92 Å². The maximum Gasteiger partial charge on any atom is 0.573 e. The highest BCUT2D eigenvalue weighted by Gasteiger charge is 2.31. The van der Waals surface area contributed by atoms with Crippen LogP contribution in [0.4, 0.5) is 13.2 Å². The van der Waals surface area contributed by atoms with E-state index >= 15 is 0 Å². The largest absolute Gasteiger partial charge is 0.573 e. The van der Waals surface area contributed by atoms with E-state index in [0.717, 1.165) is 18.4 Å². The van der Waals surface area contributed by atoms with Crippen molar-refractivity contribution in [3.8, 4) is 5.75 Å². The van der Waals surface area contributed by atoms with Crippen LogP contribution < -0.4 is 10.1 Å². The van der Waals surface area contributed by atoms with E-state index in [2.05, 4.69) is 10.1 Å². The van der Waals surface area contributed by atoms with E-state index in [4.69, 9.17) is 0 Å². The van der Waals surface area contributed by atoms with E-state index in [1.807, 2.05) is 0 Å². The number of rotatable bonds is 6. The van der Waals surface area contributed by atoms with Crippen molar-refractivity contribution in [1.29, 1.82) is 0 Å². The molecule has 19 heavy (non-hydrogen) atoms. The third kappa shape index (κ3) is 5.08. The second kappa shape index (κ2) is 5.79. The molecule has 0 aliphatic heterocycles. The Bertz CT molecular complexity index is 401. The number of aliphatic hydroxyl groups excluding tert-OH is 1. The zero-order valence-electron chi connectivity index (χ0n) is 10.3. The molecular weight excluding hydrogens is 259 g/mol. The minimum atomic E-state index is -4.66. The third-order valence-corrected chi connectivity index (χ3v) is 3.01. The van der Waals surface area contributed by atoms with Crippen LogP contribution in [0.5, 0.6) is 5.75 Å². The van der Waals surface area contributed by atoms with Crippen LogP contribution in [0.25, 0.3) is 0 Å². The lowest BCUT2D eigenvalue weighted by atomic mass is 10.2. The summed E-state index contributed by atoms with van der Waals surface area (Å²) in [6, 6.07) is 5.69. The quantitative estimate of drug-likeness (QED) is 0.838. The lowest BCUT2D eigenvalue weighted by Crippen LogP contribution is -2.27. The Labute approximate surface area is 109 Å². The molecule has 1 fully saturated rings. The first kappa shape index (κ1) is 14.1. The molecule has 1 aliphatic carbocycles. The number of ether oxygens (including phenoxy) is 1. The van der Waals surface area contributed by atoms with Crippen LogP contribution in [0.15, 0.2) is 24.3 Å². The molecule has 0 radical (unpaired) electrons. The summed E-state index contributed by atoms with van der Waals surface area (Å²) in [6.07, 6.45) is -2.83. The van der Waals surface area contributed by atoms with Crippen molar-refractivity contribution < 1.29 is 23.0 Å². The van der Waals surface area contributed by atoms with Crippen molar-refractivity contribution in [3.05, 3.63) is 29.8 Å². The van der Waals surface area contributed by atoms with E-state index in [0.29, 0.717) is 19.0 Å². The number of alkyl halides is 3. The monoisotopic (exact) mass is 275 g/mol. The molecule has 1 aliphatic rings. The summed E-state index contributed by atoms with van der Waals surface area (Å²) >= 11 is 0. The van der Waals surface area contributed by atoms with Gasteiger partial charge in [-0.2, -0.15) is 0 Å². The van der Waals surface area contributed by atoms with Crippen LogP contribution in [-0.2, 0) is 6.54 Å². The van der Waals surface area contributed by atoms with Gasteiger partial charge in [-0.1, -0.05) is 12.1 Å². The predicted octanol–water partition coefficient (Wildman–Crippen LogP) is 2.45. The van der Waals surface area contributed by atoms with Gasteiger partial charge in [-0.25, -0.2) is 0 Å². The molecule has 0 bridgehead atoms. The number of nitrogens with one attached hydrogen (secondary N) is 1. The molecule has 0 aromatic heterocycles. The lowest BCUT2D eigenvalue weighted by Gasteiger charge is -2.11. The first-order valence-electron chi connectivity index (χ1n) is 6.17. The minimum absolute atomic E-state index is 0.228. The van der Waals surface area contributed by atoms with Crippen LogP contribution in [-0.4, -0.2) is 24.1 Å². The molecule has 1 aromatic carbocycles. The molecule has 0 spiro atoms. The number of benzene rings is 1. The molecule has 1 atom stereocenters. The molecule has 1 aromatic rings. The average molecular weight is 275 g/mol. The highest BCUT2D eigenvalue weighted by Crippen LogP contribution is 2.32. The lowest BCUT2D eigenvalue weighted by molar-refractivity contribution is -0.274. The van der Waals surface area contributed by atoms with Gasteiger partial charge in [0.25, 0.3) is 0 Å². The Morgan fingerprint density at radius 3 is 2.42 bits per heavy atom. The number of aliphatic hydroxyl groups is 1. The van der Waals surface area contributed by atoms with E-state index in [1.54, 1.807) is 12.1 Å². The molecule has 106 valence electrons. The normalized spacial score (nSPS) is 17.3. The zero-order chi connectivity index (χ0) is 13.9. The van der Waals surface area contributed by atoms with Gasteiger partial charge in [0.15, 0.2) is 0 Å². The van der Waals surface area contributed by atoms with Crippen molar-refractivity contribution in [3.63, 3.8) is 0 Å². The van der Waals surface area contributed by atoms with Gasteiger partial charge in [-0.3, -0.25) is 0 Å². The van der Waals surface area contributed by atoms with Gasteiger partial charge in [0.05, 0.1) is 6.10 Å². The first-order valence-corrected chi connectivity index (χ1v) is 6.17. The van der Waals surface area contributed by atoms with Crippen molar-refractivity contribution in [1.82, 2.24) is 5.32 Å². The predicted molar refractivity (Wildman–Crippen MR) is 63.6 cm³/mol. The second-order valence-corrected chi connectivity index (χ2v) is 4.73. The van der Waals surface area contributed by atoms with Gasteiger partial charge in [0.1, 0.15) is 5.75 Å². The molecule has 0 heterocycles. The van der Waals surface area contributed by atoms with Crippen LogP contribution in [0.3, 0.4) is 0 Å². The maximum absolute atomic E-state index is 12.0. The molecular formula is C13H16F3NO2. The Balaban J connectivity index is 1.75. The zero-order valence-corrected chi connectivity index (χ0v) is 10.3. The standard InChI is InChI=1S/C13H16F3NO2/c14-13(15,16)19-11-5-1-9(2-6-11)7-17-8-12(18)10-3-4-10/h1-2,5-6,10,12,17-18H,3-4,7-8H2. The van der Waals surface area contributed by atoms with E-state index < -0.39 is 6.36 Å². The van der Waals surface area contributed by atoms with Gasteiger partial charge < -0.3 is 15.2 Å². The van der Waals surface area contributed by atoms with E-state index in [-0.39, 0.29) is 11.9 Å². The molecule has 1 saturated carbocycles. The Kier molecular flexibility index (Phi) is 4.31. The Morgan fingerprint density at radius 1 is 1.26 bits per heavy atom. The Hall–Kier alpha value is -1.27. The Morgan fingerprint density at radius 2 is 1.89 bits per heavy atom. The van der Waals surface area contributed by atoms with Crippen LogP contribution in [0.2, 0.25) is 0 Å². The summed E-state index contributed by atoms with van der Waals surface area (Å²) in [4.78, 5) is 0. The smallest absolute Gasteiger partial charge is 0.406 e. The molecule has 0 saturated heterocycles. The SMILES string of the molecule is OC(CNCc1ccc(OC(F)(F)F)cc1)C1CC1. The second-order valence-electron chi connectivity index (χ2n) is 4.73. The highest BCUT2D eigenvalue weighted by atomic mass is 19.4. The van der Waals surface area contributed by atoms with Gasteiger partial charge >= 0.3 is 6.36 Å². The number of hydrogen-bond donors (Lipinski definition) is 2. The van der Waals surface area contributed by atoms with Crippen LogP contribution in [0, 0.1) is 5.92 Å². The first-order chi connectivity index (χ1) is 8.94. The number of hydrogen-bond acceptors (Lipinski definition) is 3. The van der Waals surface area contributed by atoms with E-state index in [9.17, 15) is 18.3 Å². The molecule has 3 nitrogen and oxygen atoms in total. The fourth-order valence-corrected chi connectivity index (χ4v) is 1.82. The van der Waals surface area contributed by atoms with Crippen molar-refractivity contribution in [2.75, 3.05) is 6.54 Å². The van der Waals surface area contributed by atoms with Crippen LogP contribution in [0.1, 0.15) is 18.4 Å². The molecule has 2 rings (SSSR count). The van der Waals surface area contributed by atoms with Crippen LogP contribution >= 0.6 is 0 Å². The summed E-state index contributed by atoms with van der Waals surface area (Å²) in [6.45, 7) is 1.02. The fraction of sp³-hybridized carbons (Fsp3) is 0.538. The molecule has 6 heteroatoms. The van der Waals surface area contributed by atoms with Gasteiger partial charge in [-0.05, 0) is 36.5 Å². The summed E-state index contributed by atoms with van der Waals surface area (Å²) < 4.78 is 39.6. The van der Waals surface area contributed by atoms with Crippen molar-refractivity contribution >= 4 is 0 Å². The molecule has 2 N–H and O–H groups in total. The highest BCUT2D eigenvalue weighted by molar-refractivity contribution is 5.27. The van der Waals surface area contributed by atoms with Gasteiger partial charge in [-0.15, -0.1) is 13.2 Å². The van der Waals surface area contributed by atoms with E-state index in [1.165, 1.54) is 12.1 Å². The van der Waals surface area contributed by atoms with Crippen molar-refractivity contribution in [2.45, 2.75) is 31.9 Å². The fourth-order valence-electron chi connectivity index (χ4n) is 1.82.